The molecule has 1 aromatic rings. The molecule has 1 unspecified atom stereocenters. The van der Waals surface area contributed by atoms with Crippen molar-refractivity contribution in [3.63, 3.8) is 0 Å². The maximum Gasteiger partial charge on any atom is 0.179 e. The van der Waals surface area contributed by atoms with Crippen LogP contribution in [-0.4, -0.2) is 30.3 Å². The van der Waals surface area contributed by atoms with E-state index in [0.717, 1.165) is 31.8 Å². The summed E-state index contributed by atoms with van der Waals surface area (Å²) < 4.78 is 1.08. The van der Waals surface area contributed by atoms with Crippen molar-refractivity contribution in [3.8, 4) is 0 Å². The van der Waals surface area contributed by atoms with Gasteiger partial charge in [-0.25, -0.2) is 0 Å². The quantitative estimate of drug-likeness (QED) is 0.683. The number of thiophene rings is 1. The molecular weight excluding hydrogens is 325 g/mol. The maximum atomic E-state index is 12.4. The molecule has 0 spiro atoms. The standard InChI is InChI=1S/C16H23Cl2NOS/c1-16(2,3)11-5-4-7-19(8-6-11)10-13(20)12-9-14(17)21-15(12)18/h9,11H,4-8,10H2,1-3H3. The summed E-state index contributed by atoms with van der Waals surface area (Å²) in [6.07, 6.45) is 3.57. The van der Waals surface area contributed by atoms with Crippen molar-refractivity contribution in [2.75, 3.05) is 19.6 Å². The van der Waals surface area contributed by atoms with Crippen LogP contribution in [0.4, 0.5) is 0 Å². The summed E-state index contributed by atoms with van der Waals surface area (Å²) in [5.74, 6) is 0.814. The minimum atomic E-state index is 0.0809. The van der Waals surface area contributed by atoms with Crippen molar-refractivity contribution in [1.29, 1.82) is 0 Å². The van der Waals surface area contributed by atoms with Crippen LogP contribution in [0.1, 0.15) is 50.4 Å². The highest BCUT2D eigenvalue weighted by molar-refractivity contribution is 7.20. The molecule has 1 saturated heterocycles. The first kappa shape index (κ1) is 17.3. The first-order valence-corrected chi connectivity index (χ1v) is 9.05. The topological polar surface area (TPSA) is 20.3 Å². The number of ketones is 1. The second-order valence-corrected chi connectivity index (χ2v) is 9.22. The number of carbonyl (C=O) groups is 1. The Morgan fingerprint density at radius 1 is 1.33 bits per heavy atom. The molecule has 0 bridgehead atoms. The first-order chi connectivity index (χ1) is 9.77. The summed E-state index contributed by atoms with van der Waals surface area (Å²) in [5, 5.41) is 0. The molecule has 0 aromatic carbocycles. The van der Waals surface area contributed by atoms with Gasteiger partial charge in [0.1, 0.15) is 4.34 Å². The highest BCUT2D eigenvalue weighted by atomic mass is 35.5. The number of likely N-dealkylation sites (tertiary alicyclic amines) is 1. The average Bonchev–Trinajstić information content (AvgIpc) is 2.59. The molecule has 1 aliphatic rings. The van der Waals surface area contributed by atoms with Gasteiger partial charge in [0.2, 0.25) is 0 Å². The van der Waals surface area contributed by atoms with Gasteiger partial charge in [-0.3, -0.25) is 9.69 Å². The summed E-state index contributed by atoms with van der Waals surface area (Å²) in [4.78, 5) is 14.6. The van der Waals surface area contributed by atoms with E-state index in [9.17, 15) is 4.79 Å². The minimum Gasteiger partial charge on any atom is -0.296 e. The lowest BCUT2D eigenvalue weighted by Gasteiger charge is -2.29. The lowest BCUT2D eigenvalue weighted by molar-refractivity contribution is 0.0931. The average molecular weight is 348 g/mol. The fourth-order valence-corrected chi connectivity index (χ4v) is 4.50. The third-order valence-electron chi connectivity index (χ3n) is 4.37. The predicted octanol–water partition coefficient (Wildman–Crippen LogP) is 5.39. The number of carbonyl (C=O) groups excluding carboxylic acids is 1. The minimum absolute atomic E-state index is 0.0809. The first-order valence-electron chi connectivity index (χ1n) is 7.48. The van der Waals surface area contributed by atoms with Gasteiger partial charge >= 0.3 is 0 Å². The highest BCUT2D eigenvalue weighted by Crippen LogP contribution is 2.35. The van der Waals surface area contributed by atoms with Crippen LogP contribution in [0.2, 0.25) is 8.67 Å². The number of Topliss-reactive ketones (excluding diaryl/α,β-unsaturated/α-hetero) is 1. The zero-order chi connectivity index (χ0) is 15.6. The molecule has 2 heterocycles. The van der Waals surface area contributed by atoms with E-state index in [1.54, 1.807) is 6.07 Å². The van der Waals surface area contributed by atoms with E-state index in [1.165, 1.54) is 17.8 Å². The van der Waals surface area contributed by atoms with Crippen LogP contribution in [0.3, 0.4) is 0 Å². The van der Waals surface area contributed by atoms with Gasteiger partial charge in [-0.15, -0.1) is 11.3 Å². The lowest BCUT2D eigenvalue weighted by atomic mass is 9.77. The van der Waals surface area contributed by atoms with Crippen LogP contribution in [0.15, 0.2) is 6.07 Å². The molecule has 21 heavy (non-hydrogen) atoms. The van der Waals surface area contributed by atoms with E-state index in [0.29, 0.717) is 26.2 Å². The predicted molar refractivity (Wildman–Crippen MR) is 91.9 cm³/mol. The van der Waals surface area contributed by atoms with Crippen LogP contribution >= 0.6 is 34.5 Å². The number of rotatable bonds is 3. The molecule has 2 nitrogen and oxygen atoms in total. The molecular formula is C16H23Cl2NOS. The molecule has 0 N–H and O–H groups in total. The van der Waals surface area contributed by atoms with Crippen LogP contribution in [0, 0.1) is 11.3 Å². The summed E-state index contributed by atoms with van der Waals surface area (Å²) in [6, 6.07) is 1.69. The molecule has 1 aromatic heterocycles. The largest absolute Gasteiger partial charge is 0.296 e. The Bertz CT molecular complexity index is 507. The van der Waals surface area contributed by atoms with Crippen LogP contribution in [0.25, 0.3) is 0 Å². The van der Waals surface area contributed by atoms with E-state index in [2.05, 4.69) is 25.7 Å². The van der Waals surface area contributed by atoms with Crippen LogP contribution < -0.4 is 0 Å². The van der Waals surface area contributed by atoms with Gasteiger partial charge in [0.15, 0.2) is 5.78 Å². The SMILES string of the molecule is CC(C)(C)C1CCCN(CC(=O)c2cc(Cl)sc2Cl)CC1. The van der Waals surface area contributed by atoms with E-state index >= 15 is 0 Å². The van der Waals surface area contributed by atoms with Gasteiger partial charge in [-0.2, -0.15) is 0 Å². The number of nitrogens with zero attached hydrogens (tertiary/aromatic N) is 1. The molecule has 1 fully saturated rings. The molecule has 5 heteroatoms. The van der Waals surface area contributed by atoms with E-state index in [1.807, 2.05) is 0 Å². The Kier molecular flexibility index (Phi) is 5.75. The Labute approximate surface area is 141 Å². The van der Waals surface area contributed by atoms with Crippen molar-refractivity contribution < 1.29 is 4.79 Å². The van der Waals surface area contributed by atoms with Crippen molar-refractivity contribution in [3.05, 3.63) is 20.3 Å². The molecule has 0 saturated carbocycles. The molecule has 0 amide bonds. The molecule has 1 atom stereocenters. The summed E-state index contributed by atoms with van der Waals surface area (Å²) in [5.41, 5.74) is 0.924. The Morgan fingerprint density at radius 3 is 2.62 bits per heavy atom. The molecule has 0 aliphatic carbocycles. The summed E-state index contributed by atoms with van der Waals surface area (Å²) in [6.45, 7) is 9.36. The number of halogens is 2. The van der Waals surface area contributed by atoms with Gasteiger partial charge in [0.05, 0.1) is 16.4 Å². The lowest BCUT2D eigenvalue weighted by Crippen LogP contribution is -2.31. The molecule has 2 rings (SSSR count). The maximum absolute atomic E-state index is 12.4. The number of hydrogen-bond acceptors (Lipinski definition) is 3. The molecule has 0 radical (unpaired) electrons. The van der Waals surface area contributed by atoms with Crippen molar-refractivity contribution in [2.24, 2.45) is 11.3 Å². The molecule has 118 valence electrons. The normalized spacial score (nSPS) is 21.3. The highest BCUT2D eigenvalue weighted by Gasteiger charge is 2.28. The fourth-order valence-electron chi connectivity index (χ4n) is 3.00. The second-order valence-electron chi connectivity index (χ2n) is 6.93. The smallest absolute Gasteiger partial charge is 0.179 e. The van der Waals surface area contributed by atoms with Gasteiger partial charge in [0, 0.05) is 0 Å². The van der Waals surface area contributed by atoms with Gasteiger partial charge in [-0.05, 0) is 49.8 Å². The van der Waals surface area contributed by atoms with E-state index < -0.39 is 0 Å². The summed E-state index contributed by atoms with van der Waals surface area (Å²) in [7, 11) is 0. The third kappa shape index (κ3) is 4.69. The fraction of sp³-hybridized carbons (Fsp3) is 0.688. The van der Waals surface area contributed by atoms with Crippen molar-refractivity contribution in [2.45, 2.75) is 40.0 Å². The van der Waals surface area contributed by atoms with Crippen LogP contribution in [-0.2, 0) is 0 Å². The van der Waals surface area contributed by atoms with Gasteiger partial charge in [-0.1, -0.05) is 44.0 Å². The van der Waals surface area contributed by atoms with Gasteiger partial charge in [0.25, 0.3) is 0 Å². The second kappa shape index (κ2) is 6.99. The van der Waals surface area contributed by atoms with E-state index in [4.69, 9.17) is 23.2 Å². The summed E-state index contributed by atoms with van der Waals surface area (Å²) >= 11 is 13.2. The Hall–Kier alpha value is -0.0900. The van der Waals surface area contributed by atoms with Crippen molar-refractivity contribution >= 4 is 40.3 Å². The van der Waals surface area contributed by atoms with Crippen LogP contribution in [0.5, 0.6) is 0 Å². The number of hydrogen-bond donors (Lipinski definition) is 0. The molecule has 1 aliphatic heterocycles. The van der Waals surface area contributed by atoms with E-state index in [-0.39, 0.29) is 5.78 Å². The monoisotopic (exact) mass is 347 g/mol. The zero-order valence-corrected chi connectivity index (χ0v) is 15.2. The Balaban J connectivity index is 1.95. The zero-order valence-electron chi connectivity index (χ0n) is 12.9. The van der Waals surface area contributed by atoms with Crippen molar-refractivity contribution in [1.82, 2.24) is 4.90 Å². The Morgan fingerprint density at radius 2 is 2.05 bits per heavy atom. The van der Waals surface area contributed by atoms with Gasteiger partial charge < -0.3 is 0 Å². The third-order valence-corrected chi connectivity index (χ3v) is 5.86.